The predicted molar refractivity (Wildman–Crippen MR) is 67.2 cm³/mol. The highest BCUT2D eigenvalue weighted by molar-refractivity contribution is 5.72. The Bertz CT molecular complexity index is 448. The van der Waals surface area contributed by atoms with Gasteiger partial charge in [0.05, 0.1) is 29.3 Å². The topological polar surface area (TPSA) is 107 Å². The van der Waals surface area contributed by atoms with Gasteiger partial charge in [-0.15, -0.1) is 0 Å². The van der Waals surface area contributed by atoms with Gasteiger partial charge in [-0.1, -0.05) is 0 Å². The summed E-state index contributed by atoms with van der Waals surface area (Å²) in [5.41, 5.74) is 6.42. The first-order chi connectivity index (χ1) is 8.54. The van der Waals surface area contributed by atoms with Gasteiger partial charge in [-0.2, -0.15) is 0 Å². The third-order valence-electron chi connectivity index (χ3n) is 2.20. The number of anilines is 2. The van der Waals surface area contributed by atoms with Crippen molar-refractivity contribution in [3.05, 3.63) is 28.3 Å². The maximum atomic E-state index is 11.1. The Morgan fingerprint density at radius 2 is 2.28 bits per heavy atom. The Labute approximate surface area is 104 Å². The number of benzene rings is 1. The molecule has 1 aromatic rings. The molecule has 0 saturated heterocycles. The molecule has 0 radical (unpaired) electrons. The molecule has 0 aliphatic heterocycles. The fraction of sp³-hybridized carbons (Fsp3) is 0.364. The van der Waals surface area contributed by atoms with E-state index in [1.807, 2.05) is 0 Å². The van der Waals surface area contributed by atoms with Crippen LogP contribution in [0, 0.1) is 10.1 Å². The van der Waals surface area contributed by atoms with Crippen molar-refractivity contribution >= 4 is 23.0 Å². The molecule has 7 nitrogen and oxygen atoms in total. The number of ether oxygens (including phenoxy) is 1. The van der Waals surface area contributed by atoms with E-state index in [2.05, 4.69) is 5.32 Å². The van der Waals surface area contributed by atoms with Gasteiger partial charge >= 0.3 is 5.97 Å². The maximum absolute atomic E-state index is 11.1. The molecule has 1 rings (SSSR count). The van der Waals surface area contributed by atoms with Gasteiger partial charge in [0.2, 0.25) is 0 Å². The average molecular weight is 253 g/mol. The number of hydrogen-bond acceptors (Lipinski definition) is 6. The lowest BCUT2D eigenvalue weighted by atomic mass is 10.2. The van der Waals surface area contributed by atoms with E-state index >= 15 is 0 Å². The minimum atomic E-state index is -0.515. The third kappa shape index (κ3) is 3.93. The van der Waals surface area contributed by atoms with Crippen molar-refractivity contribution in [1.29, 1.82) is 0 Å². The van der Waals surface area contributed by atoms with Crippen LogP contribution in [-0.2, 0) is 9.53 Å². The number of esters is 1. The molecule has 0 spiro atoms. The van der Waals surface area contributed by atoms with Crippen LogP contribution in [0.5, 0.6) is 0 Å². The molecule has 0 aromatic heterocycles. The van der Waals surface area contributed by atoms with E-state index in [4.69, 9.17) is 10.5 Å². The van der Waals surface area contributed by atoms with Crippen LogP contribution in [-0.4, -0.2) is 24.0 Å². The molecule has 0 fully saturated rings. The first-order valence-electron chi connectivity index (χ1n) is 5.48. The highest BCUT2D eigenvalue weighted by Gasteiger charge is 2.08. The van der Waals surface area contributed by atoms with E-state index in [-0.39, 0.29) is 23.8 Å². The Kier molecular flexibility index (Phi) is 4.91. The number of nitrogen functional groups attached to an aromatic ring is 1. The number of non-ortho nitro benzene ring substituents is 1. The van der Waals surface area contributed by atoms with Gasteiger partial charge in [-0.05, 0) is 13.0 Å². The number of hydrogen-bond donors (Lipinski definition) is 2. The van der Waals surface area contributed by atoms with Gasteiger partial charge in [-0.25, -0.2) is 0 Å². The fourth-order valence-electron chi connectivity index (χ4n) is 1.36. The minimum absolute atomic E-state index is 0.0663. The summed E-state index contributed by atoms with van der Waals surface area (Å²) in [7, 11) is 0. The van der Waals surface area contributed by atoms with Crippen molar-refractivity contribution in [1.82, 2.24) is 0 Å². The maximum Gasteiger partial charge on any atom is 0.307 e. The van der Waals surface area contributed by atoms with Gasteiger partial charge in [0.25, 0.3) is 5.69 Å². The van der Waals surface area contributed by atoms with Crippen molar-refractivity contribution in [2.45, 2.75) is 13.3 Å². The van der Waals surface area contributed by atoms with Crippen LogP contribution < -0.4 is 11.1 Å². The lowest BCUT2D eigenvalue weighted by Crippen LogP contribution is -2.12. The number of carbonyl (C=O) groups is 1. The van der Waals surface area contributed by atoms with Crippen LogP contribution in [0.15, 0.2) is 18.2 Å². The molecule has 3 N–H and O–H groups in total. The van der Waals surface area contributed by atoms with Crippen LogP contribution in [0.25, 0.3) is 0 Å². The normalized spacial score (nSPS) is 9.83. The molecule has 0 unspecified atom stereocenters. The molecule has 0 atom stereocenters. The quantitative estimate of drug-likeness (QED) is 0.344. The Hall–Kier alpha value is -2.31. The van der Waals surface area contributed by atoms with Gasteiger partial charge < -0.3 is 15.8 Å². The fourth-order valence-corrected chi connectivity index (χ4v) is 1.36. The number of nitro benzene ring substituents is 1. The van der Waals surface area contributed by atoms with E-state index in [0.29, 0.717) is 18.8 Å². The monoisotopic (exact) mass is 253 g/mol. The standard InChI is InChI=1S/C11H15N3O4/c1-2-18-11(15)5-6-13-10-4-3-8(14(16)17)7-9(10)12/h3-4,7,13H,2,5-6,12H2,1H3. The van der Waals surface area contributed by atoms with Gasteiger partial charge in [0.15, 0.2) is 0 Å². The molecule has 0 aliphatic rings. The summed E-state index contributed by atoms with van der Waals surface area (Å²) < 4.78 is 4.76. The molecular formula is C11H15N3O4. The van der Waals surface area contributed by atoms with Crippen LogP contribution in [0.3, 0.4) is 0 Å². The third-order valence-corrected chi connectivity index (χ3v) is 2.20. The predicted octanol–water partition coefficient (Wildman–Crippen LogP) is 1.54. The van der Waals surface area contributed by atoms with Crippen molar-refractivity contribution in [2.75, 3.05) is 24.2 Å². The van der Waals surface area contributed by atoms with E-state index in [9.17, 15) is 14.9 Å². The summed E-state index contributed by atoms with van der Waals surface area (Å²) in [5.74, 6) is -0.300. The van der Waals surface area contributed by atoms with Crippen molar-refractivity contribution in [3.8, 4) is 0 Å². The summed E-state index contributed by atoms with van der Waals surface area (Å²) in [4.78, 5) is 21.1. The number of nitro groups is 1. The highest BCUT2D eigenvalue weighted by atomic mass is 16.6. The average Bonchev–Trinajstić information content (AvgIpc) is 2.31. The molecule has 0 bridgehead atoms. The van der Waals surface area contributed by atoms with E-state index in [1.54, 1.807) is 6.92 Å². The van der Waals surface area contributed by atoms with Crippen LogP contribution in [0.4, 0.5) is 17.1 Å². The molecule has 0 amide bonds. The molecule has 7 heteroatoms. The molecule has 0 heterocycles. The first-order valence-corrected chi connectivity index (χ1v) is 5.48. The second kappa shape index (κ2) is 6.43. The summed E-state index contributed by atoms with van der Waals surface area (Å²) in [6, 6.07) is 4.13. The second-order valence-electron chi connectivity index (χ2n) is 3.51. The number of carbonyl (C=O) groups excluding carboxylic acids is 1. The van der Waals surface area contributed by atoms with Crippen molar-refractivity contribution in [3.63, 3.8) is 0 Å². The zero-order valence-corrected chi connectivity index (χ0v) is 10.0. The molecule has 98 valence electrons. The SMILES string of the molecule is CCOC(=O)CCNc1ccc([N+](=O)[O-])cc1N. The lowest BCUT2D eigenvalue weighted by Gasteiger charge is -2.08. The second-order valence-corrected chi connectivity index (χ2v) is 3.51. The molecule has 18 heavy (non-hydrogen) atoms. The summed E-state index contributed by atoms with van der Waals surface area (Å²) in [5, 5.41) is 13.4. The number of nitrogens with zero attached hydrogens (tertiary/aromatic N) is 1. The smallest absolute Gasteiger partial charge is 0.307 e. The van der Waals surface area contributed by atoms with Crippen LogP contribution >= 0.6 is 0 Å². The van der Waals surface area contributed by atoms with Crippen LogP contribution in [0.2, 0.25) is 0 Å². The lowest BCUT2D eigenvalue weighted by molar-refractivity contribution is -0.384. The Balaban J connectivity index is 2.53. The number of nitrogens with two attached hydrogens (primary N) is 1. The first kappa shape index (κ1) is 13.8. The largest absolute Gasteiger partial charge is 0.466 e. The van der Waals surface area contributed by atoms with E-state index in [1.165, 1.54) is 18.2 Å². The number of nitrogens with one attached hydrogen (secondary N) is 1. The zero-order chi connectivity index (χ0) is 13.5. The van der Waals surface area contributed by atoms with Gasteiger partial charge in [0, 0.05) is 18.7 Å². The van der Waals surface area contributed by atoms with E-state index in [0.717, 1.165) is 0 Å². The number of rotatable bonds is 6. The van der Waals surface area contributed by atoms with Gasteiger partial charge in [0.1, 0.15) is 0 Å². The Morgan fingerprint density at radius 3 is 2.83 bits per heavy atom. The van der Waals surface area contributed by atoms with Crippen molar-refractivity contribution < 1.29 is 14.5 Å². The molecule has 0 saturated carbocycles. The summed E-state index contributed by atoms with van der Waals surface area (Å²) in [6.07, 6.45) is 0.213. The molecule has 1 aromatic carbocycles. The molecular weight excluding hydrogens is 238 g/mol. The van der Waals surface area contributed by atoms with E-state index < -0.39 is 4.92 Å². The molecule has 0 aliphatic carbocycles. The minimum Gasteiger partial charge on any atom is -0.466 e. The Morgan fingerprint density at radius 1 is 1.56 bits per heavy atom. The zero-order valence-electron chi connectivity index (χ0n) is 10.0. The van der Waals surface area contributed by atoms with Crippen molar-refractivity contribution in [2.24, 2.45) is 0 Å². The summed E-state index contributed by atoms with van der Waals surface area (Å²) in [6.45, 7) is 2.44. The highest BCUT2D eigenvalue weighted by Crippen LogP contribution is 2.23. The van der Waals surface area contributed by atoms with Crippen LogP contribution in [0.1, 0.15) is 13.3 Å². The summed E-state index contributed by atoms with van der Waals surface area (Å²) >= 11 is 0. The van der Waals surface area contributed by atoms with Gasteiger partial charge in [-0.3, -0.25) is 14.9 Å².